The Morgan fingerprint density at radius 2 is 0.982 bits per heavy atom. The van der Waals surface area contributed by atoms with Gasteiger partial charge in [-0.2, -0.15) is 0 Å². The first kappa shape index (κ1) is 33.0. The number of aromatic nitrogens is 4. The van der Waals surface area contributed by atoms with Gasteiger partial charge in [-0.05, 0) is 40.8 Å². The average molecular weight is 733 g/mol. The van der Waals surface area contributed by atoms with E-state index in [1.165, 1.54) is 22.1 Å². The first-order valence-corrected chi connectivity index (χ1v) is 19.4. The summed E-state index contributed by atoms with van der Waals surface area (Å²) < 4.78 is 9.31. The molecule has 10 aromatic rings. The van der Waals surface area contributed by atoms with Gasteiger partial charge in [-0.1, -0.05) is 172 Å². The van der Waals surface area contributed by atoms with Gasteiger partial charge in [0.1, 0.15) is 5.75 Å². The maximum absolute atomic E-state index is 6.92. The van der Waals surface area contributed by atoms with Crippen molar-refractivity contribution in [2.24, 2.45) is 0 Å². The molecular weight excluding hydrogens is 697 g/mol. The SMILES string of the molecule is CC1(C)c2ccccc2Oc2c1ccc1c3ccccc3n(-c3ccc(-c4nc(-c5ccccc5)nc(-c5ccc(-c6ccccc6)cc5)n4)c4ccccc34)c21. The zero-order valence-electron chi connectivity index (χ0n) is 31.5. The van der Waals surface area contributed by atoms with Crippen molar-refractivity contribution in [3.05, 3.63) is 193 Å². The molecule has 5 heteroatoms. The van der Waals surface area contributed by atoms with Crippen LogP contribution in [0.2, 0.25) is 0 Å². The van der Waals surface area contributed by atoms with E-state index in [1.54, 1.807) is 0 Å². The van der Waals surface area contributed by atoms with E-state index in [1.807, 2.05) is 36.4 Å². The number of fused-ring (bicyclic) bond motifs is 7. The van der Waals surface area contributed by atoms with Crippen molar-refractivity contribution in [1.29, 1.82) is 0 Å². The van der Waals surface area contributed by atoms with Crippen molar-refractivity contribution in [1.82, 2.24) is 19.5 Å². The van der Waals surface area contributed by atoms with Gasteiger partial charge >= 0.3 is 0 Å². The Bertz CT molecular complexity index is 3170. The van der Waals surface area contributed by atoms with Gasteiger partial charge in [0, 0.05) is 49.4 Å². The second kappa shape index (κ2) is 12.9. The number of para-hydroxylation sites is 2. The van der Waals surface area contributed by atoms with E-state index in [0.717, 1.165) is 66.6 Å². The summed E-state index contributed by atoms with van der Waals surface area (Å²) in [7, 11) is 0. The predicted octanol–water partition coefficient (Wildman–Crippen LogP) is 13.2. The molecule has 0 aliphatic carbocycles. The van der Waals surface area contributed by atoms with Gasteiger partial charge in [-0.3, -0.25) is 0 Å². The van der Waals surface area contributed by atoms with Gasteiger partial charge in [-0.15, -0.1) is 0 Å². The van der Waals surface area contributed by atoms with Gasteiger partial charge in [0.15, 0.2) is 23.2 Å². The van der Waals surface area contributed by atoms with Crippen LogP contribution in [0.4, 0.5) is 0 Å². The molecule has 0 amide bonds. The maximum Gasteiger partial charge on any atom is 0.164 e. The molecule has 57 heavy (non-hydrogen) atoms. The average Bonchev–Trinajstić information content (AvgIpc) is 3.61. The summed E-state index contributed by atoms with van der Waals surface area (Å²) in [5, 5.41) is 4.46. The van der Waals surface area contributed by atoms with E-state index < -0.39 is 0 Å². The minimum absolute atomic E-state index is 0.250. The summed E-state index contributed by atoms with van der Waals surface area (Å²) in [6, 6.07) is 63.6. The molecule has 8 aromatic carbocycles. The Hall–Kier alpha value is -7.37. The summed E-state index contributed by atoms with van der Waals surface area (Å²) in [4.78, 5) is 15.4. The van der Waals surface area contributed by atoms with Crippen LogP contribution in [-0.4, -0.2) is 19.5 Å². The molecule has 0 N–H and O–H groups in total. The quantitative estimate of drug-likeness (QED) is 0.177. The largest absolute Gasteiger partial charge is 0.454 e. The molecule has 0 saturated carbocycles. The molecule has 0 unspecified atom stereocenters. The van der Waals surface area contributed by atoms with Crippen molar-refractivity contribution in [2.45, 2.75) is 19.3 Å². The third-order valence-corrected chi connectivity index (χ3v) is 11.5. The van der Waals surface area contributed by atoms with Crippen molar-refractivity contribution >= 4 is 32.6 Å². The summed E-state index contributed by atoms with van der Waals surface area (Å²) in [6.45, 7) is 4.58. The summed E-state index contributed by atoms with van der Waals surface area (Å²) >= 11 is 0. The lowest BCUT2D eigenvalue weighted by atomic mass is 9.75. The van der Waals surface area contributed by atoms with Crippen molar-refractivity contribution in [2.75, 3.05) is 0 Å². The van der Waals surface area contributed by atoms with Gasteiger partial charge in [-0.25, -0.2) is 15.0 Å². The van der Waals surface area contributed by atoms with Gasteiger partial charge in [0.25, 0.3) is 0 Å². The Labute approximate surface area is 330 Å². The Morgan fingerprint density at radius 1 is 0.421 bits per heavy atom. The predicted molar refractivity (Wildman–Crippen MR) is 232 cm³/mol. The van der Waals surface area contributed by atoms with Crippen LogP contribution >= 0.6 is 0 Å². The molecular formula is C52H36N4O. The van der Waals surface area contributed by atoms with Crippen LogP contribution in [-0.2, 0) is 5.41 Å². The van der Waals surface area contributed by atoms with E-state index in [9.17, 15) is 0 Å². The number of hydrogen-bond donors (Lipinski definition) is 0. The van der Waals surface area contributed by atoms with Crippen LogP contribution in [0.5, 0.6) is 11.5 Å². The number of benzene rings is 8. The molecule has 0 spiro atoms. The number of nitrogens with zero attached hydrogens (tertiary/aromatic N) is 4. The Kier molecular flexibility index (Phi) is 7.45. The smallest absolute Gasteiger partial charge is 0.164 e. The third-order valence-electron chi connectivity index (χ3n) is 11.5. The lowest BCUT2D eigenvalue weighted by Crippen LogP contribution is -2.24. The number of ether oxygens (including phenoxy) is 1. The van der Waals surface area contributed by atoms with E-state index >= 15 is 0 Å². The Morgan fingerprint density at radius 3 is 1.74 bits per heavy atom. The topological polar surface area (TPSA) is 52.8 Å². The van der Waals surface area contributed by atoms with Crippen LogP contribution in [0.3, 0.4) is 0 Å². The molecule has 1 aliphatic heterocycles. The first-order valence-electron chi connectivity index (χ1n) is 19.4. The normalized spacial score (nSPS) is 13.0. The zero-order chi connectivity index (χ0) is 38.1. The highest BCUT2D eigenvalue weighted by molar-refractivity contribution is 6.13. The van der Waals surface area contributed by atoms with E-state index in [4.69, 9.17) is 19.7 Å². The zero-order valence-corrected chi connectivity index (χ0v) is 31.5. The fourth-order valence-electron chi connectivity index (χ4n) is 8.66. The summed E-state index contributed by atoms with van der Waals surface area (Å²) in [5.41, 5.74) is 10.4. The minimum atomic E-state index is -0.250. The highest BCUT2D eigenvalue weighted by Gasteiger charge is 2.36. The maximum atomic E-state index is 6.92. The van der Waals surface area contributed by atoms with Gasteiger partial charge in [0.2, 0.25) is 0 Å². The van der Waals surface area contributed by atoms with E-state index in [-0.39, 0.29) is 5.41 Å². The molecule has 3 heterocycles. The lowest BCUT2D eigenvalue weighted by Gasteiger charge is -2.35. The van der Waals surface area contributed by atoms with Crippen LogP contribution in [0.15, 0.2) is 182 Å². The van der Waals surface area contributed by atoms with Crippen molar-refractivity contribution in [3.8, 4) is 62.5 Å². The molecule has 0 radical (unpaired) electrons. The lowest BCUT2D eigenvalue weighted by molar-refractivity contribution is 0.421. The van der Waals surface area contributed by atoms with Crippen LogP contribution in [0, 0.1) is 0 Å². The van der Waals surface area contributed by atoms with E-state index in [2.05, 4.69) is 164 Å². The van der Waals surface area contributed by atoms with Crippen molar-refractivity contribution < 1.29 is 4.74 Å². The fourth-order valence-corrected chi connectivity index (χ4v) is 8.66. The number of rotatable bonds is 5. The molecule has 0 atom stereocenters. The van der Waals surface area contributed by atoms with Gasteiger partial charge in [0.05, 0.1) is 16.7 Å². The molecule has 11 rings (SSSR count). The second-order valence-electron chi connectivity index (χ2n) is 15.2. The standard InChI is InChI=1S/C52H36N4O/c1-52(2)42-22-12-14-24-46(42)57-48-43(52)31-29-40-39-21-11-13-23-44(39)56(47(40)48)45-32-30-41(37-19-9-10-20-38(37)45)51-54-49(35-17-7-4-8-18-35)53-50(55-51)36-27-25-34(26-28-36)33-15-5-3-6-16-33/h3-32H,1-2H3. The van der Waals surface area contributed by atoms with Crippen LogP contribution in [0.25, 0.3) is 83.6 Å². The van der Waals surface area contributed by atoms with Crippen molar-refractivity contribution in [3.63, 3.8) is 0 Å². The minimum Gasteiger partial charge on any atom is -0.454 e. The molecule has 0 saturated heterocycles. The monoisotopic (exact) mass is 732 g/mol. The number of hydrogen-bond acceptors (Lipinski definition) is 4. The highest BCUT2D eigenvalue weighted by Crippen LogP contribution is 2.52. The van der Waals surface area contributed by atoms with Crippen LogP contribution in [0.1, 0.15) is 25.0 Å². The van der Waals surface area contributed by atoms with Crippen LogP contribution < -0.4 is 4.74 Å². The highest BCUT2D eigenvalue weighted by atomic mass is 16.5. The third kappa shape index (κ3) is 5.27. The molecule has 5 nitrogen and oxygen atoms in total. The molecule has 0 fully saturated rings. The summed E-state index contributed by atoms with van der Waals surface area (Å²) in [5.74, 6) is 3.67. The molecule has 270 valence electrons. The molecule has 0 bridgehead atoms. The molecule has 2 aromatic heterocycles. The Balaban J connectivity index is 1.13. The summed E-state index contributed by atoms with van der Waals surface area (Å²) in [6.07, 6.45) is 0. The van der Waals surface area contributed by atoms with Gasteiger partial charge < -0.3 is 9.30 Å². The second-order valence-corrected chi connectivity index (χ2v) is 15.2. The fraction of sp³-hybridized carbons (Fsp3) is 0.0577. The first-order chi connectivity index (χ1) is 28.0. The van der Waals surface area contributed by atoms with E-state index in [0.29, 0.717) is 17.5 Å². The molecule has 1 aliphatic rings.